The van der Waals surface area contributed by atoms with Crippen molar-refractivity contribution in [2.45, 2.75) is 39.7 Å². The molecule has 0 amide bonds. The predicted octanol–water partition coefficient (Wildman–Crippen LogP) is 3.85. The van der Waals surface area contributed by atoms with Gasteiger partial charge in [0.25, 0.3) is 0 Å². The Bertz CT molecular complexity index is 318. The van der Waals surface area contributed by atoms with Crippen LogP contribution < -0.4 is 5.32 Å². The molecule has 0 atom stereocenters. The van der Waals surface area contributed by atoms with E-state index in [1.165, 1.54) is 9.75 Å². The molecule has 1 rings (SSSR count). The van der Waals surface area contributed by atoms with E-state index in [-0.39, 0.29) is 5.54 Å². The molecule has 2 heteroatoms. The van der Waals surface area contributed by atoms with E-state index < -0.39 is 0 Å². The van der Waals surface area contributed by atoms with E-state index in [1.54, 1.807) is 0 Å². The van der Waals surface area contributed by atoms with Crippen LogP contribution in [0.2, 0.25) is 0 Å². The summed E-state index contributed by atoms with van der Waals surface area (Å²) in [4.78, 5) is 2.73. The van der Waals surface area contributed by atoms with E-state index in [4.69, 9.17) is 0 Å². The van der Waals surface area contributed by atoms with Crippen molar-refractivity contribution in [2.24, 2.45) is 0 Å². The smallest absolute Gasteiger partial charge is 0.0269 e. The molecule has 1 aromatic heterocycles. The van der Waals surface area contributed by atoms with Gasteiger partial charge in [-0.25, -0.2) is 0 Å². The molecule has 1 N–H and O–H groups in total. The molecular formula is C13H21NS. The fourth-order valence-corrected chi connectivity index (χ4v) is 2.08. The van der Waals surface area contributed by atoms with Gasteiger partial charge in [-0.2, -0.15) is 0 Å². The zero-order valence-corrected chi connectivity index (χ0v) is 10.9. The van der Waals surface area contributed by atoms with Crippen LogP contribution in [0.3, 0.4) is 0 Å². The maximum absolute atomic E-state index is 3.47. The van der Waals surface area contributed by atoms with Crippen LogP contribution in [0.15, 0.2) is 18.2 Å². The highest BCUT2D eigenvalue weighted by atomic mass is 32.1. The van der Waals surface area contributed by atoms with Gasteiger partial charge in [0.05, 0.1) is 0 Å². The lowest BCUT2D eigenvalue weighted by Crippen LogP contribution is -2.36. The maximum Gasteiger partial charge on any atom is 0.0269 e. The molecule has 1 nitrogen and oxygen atoms in total. The van der Waals surface area contributed by atoms with Crippen LogP contribution in [-0.2, 0) is 0 Å². The van der Waals surface area contributed by atoms with Crippen molar-refractivity contribution >= 4 is 17.4 Å². The fraction of sp³-hybridized carbons (Fsp3) is 0.538. The molecule has 1 aromatic rings. The predicted molar refractivity (Wildman–Crippen MR) is 70.5 cm³/mol. The minimum absolute atomic E-state index is 0.230. The summed E-state index contributed by atoms with van der Waals surface area (Å²) in [5.41, 5.74) is 0.230. The van der Waals surface area contributed by atoms with Crippen molar-refractivity contribution in [1.82, 2.24) is 5.32 Å². The van der Waals surface area contributed by atoms with E-state index in [1.807, 2.05) is 11.3 Å². The third-order valence-electron chi connectivity index (χ3n) is 2.01. The lowest BCUT2D eigenvalue weighted by molar-refractivity contribution is 0.431. The summed E-state index contributed by atoms with van der Waals surface area (Å²) in [5, 5.41) is 3.47. The second-order valence-corrected chi connectivity index (χ2v) is 6.14. The molecule has 0 saturated heterocycles. The Kier molecular flexibility index (Phi) is 4.55. The van der Waals surface area contributed by atoms with Gasteiger partial charge < -0.3 is 5.32 Å². The summed E-state index contributed by atoms with van der Waals surface area (Å²) in [6, 6.07) is 4.34. The van der Waals surface area contributed by atoms with E-state index in [0.29, 0.717) is 0 Å². The third-order valence-corrected chi connectivity index (χ3v) is 2.98. The van der Waals surface area contributed by atoms with Gasteiger partial charge in [0.1, 0.15) is 0 Å². The molecule has 0 unspecified atom stereocenters. The second kappa shape index (κ2) is 5.47. The second-order valence-electron chi connectivity index (χ2n) is 4.82. The first-order chi connectivity index (χ1) is 6.97. The topological polar surface area (TPSA) is 12.0 Å². The summed E-state index contributed by atoms with van der Waals surface area (Å²) in [5.74, 6) is 0. The van der Waals surface area contributed by atoms with Crippen LogP contribution in [-0.4, -0.2) is 12.1 Å². The Morgan fingerprint density at radius 1 is 1.33 bits per heavy atom. The molecule has 0 fully saturated rings. The van der Waals surface area contributed by atoms with Gasteiger partial charge in [-0.1, -0.05) is 6.08 Å². The molecule has 15 heavy (non-hydrogen) atoms. The van der Waals surface area contributed by atoms with E-state index in [0.717, 1.165) is 13.0 Å². The monoisotopic (exact) mass is 223 g/mol. The molecule has 0 aliphatic heterocycles. The molecule has 0 aromatic carbocycles. The maximum atomic E-state index is 3.47. The van der Waals surface area contributed by atoms with E-state index in [2.05, 4.69) is 57.3 Å². The largest absolute Gasteiger partial charge is 0.312 e. The molecule has 0 aliphatic rings. The lowest BCUT2D eigenvalue weighted by atomic mass is 10.1. The zero-order chi connectivity index (χ0) is 11.3. The summed E-state index contributed by atoms with van der Waals surface area (Å²) in [7, 11) is 0. The van der Waals surface area contributed by atoms with Crippen molar-refractivity contribution in [3.05, 3.63) is 28.0 Å². The van der Waals surface area contributed by atoms with Crippen LogP contribution in [0.1, 0.15) is 36.9 Å². The quantitative estimate of drug-likeness (QED) is 0.765. The molecule has 0 bridgehead atoms. The number of hydrogen-bond donors (Lipinski definition) is 1. The van der Waals surface area contributed by atoms with Crippen molar-refractivity contribution in [1.29, 1.82) is 0 Å². The van der Waals surface area contributed by atoms with Crippen molar-refractivity contribution in [3.8, 4) is 0 Å². The van der Waals surface area contributed by atoms with Gasteiger partial charge in [-0.3, -0.25) is 0 Å². The first kappa shape index (κ1) is 12.5. The van der Waals surface area contributed by atoms with Gasteiger partial charge in [-0.15, -0.1) is 11.3 Å². The Labute approximate surface area is 97.2 Å². The average molecular weight is 223 g/mol. The Morgan fingerprint density at radius 2 is 2.07 bits per heavy atom. The highest BCUT2D eigenvalue weighted by Gasteiger charge is 2.06. The van der Waals surface area contributed by atoms with Crippen LogP contribution in [0.25, 0.3) is 6.08 Å². The van der Waals surface area contributed by atoms with Gasteiger partial charge in [-0.05, 0) is 58.9 Å². The van der Waals surface area contributed by atoms with E-state index >= 15 is 0 Å². The van der Waals surface area contributed by atoms with E-state index in [9.17, 15) is 0 Å². The van der Waals surface area contributed by atoms with Gasteiger partial charge >= 0.3 is 0 Å². The number of nitrogens with one attached hydrogen (secondary N) is 1. The van der Waals surface area contributed by atoms with Gasteiger partial charge in [0.2, 0.25) is 0 Å². The SMILES string of the molecule is Cc1ccc(C=CCCNC(C)(C)C)s1. The molecule has 0 saturated carbocycles. The minimum Gasteiger partial charge on any atom is -0.312 e. The first-order valence-corrected chi connectivity index (χ1v) is 6.27. The summed E-state index contributed by atoms with van der Waals surface area (Å²) >= 11 is 1.84. The molecule has 0 aliphatic carbocycles. The highest BCUT2D eigenvalue weighted by molar-refractivity contribution is 7.12. The van der Waals surface area contributed by atoms with Crippen LogP contribution >= 0.6 is 11.3 Å². The van der Waals surface area contributed by atoms with Gasteiger partial charge in [0.15, 0.2) is 0 Å². The zero-order valence-electron chi connectivity index (χ0n) is 10.1. The third kappa shape index (κ3) is 5.75. The fourth-order valence-electron chi connectivity index (χ4n) is 1.27. The number of aryl methyl sites for hydroxylation is 1. The Hall–Kier alpha value is -0.600. The summed E-state index contributed by atoms with van der Waals surface area (Å²) < 4.78 is 0. The number of rotatable bonds is 4. The first-order valence-electron chi connectivity index (χ1n) is 5.45. The molecular weight excluding hydrogens is 202 g/mol. The van der Waals surface area contributed by atoms with Gasteiger partial charge in [0, 0.05) is 15.3 Å². The summed E-state index contributed by atoms with van der Waals surface area (Å²) in [6.45, 7) is 9.77. The highest BCUT2D eigenvalue weighted by Crippen LogP contribution is 2.16. The van der Waals surface area contributed by atoms with Crippen molar-refractivity contribution in [3.63, 3.8) is 0 Å². The van der Waals surface area contributed by atoms with Crippen LogP contribution in [0, 0.1) is 6.92 Å². The standard InChI is InChI=1S/C13H21NS/c1-11-8-9-12(15-11)7-5-6-10-14-13(2,3)4/h5,7-9,14H,6,10H2,1-4H3. The average Bonchev–Trinajstić information content (AvgIpc) is 2.49. The number of hydrogen-bond acceptors (Lipinski definition) is 2. The van der Waals surface area contributed by atoms with Crippen LogP contribution in [0.4, 0.5) is 0 Å². The Morgan fingerprint density at radius 3 is 2.60 bits per heavy atom. The molecule has 1 heterocycles. The molecule has 0 radical (unpaired) electrons. The van der Waals surface area contributed by atoms with Crippen molar-refractivity contribution in [2.75, 3.05) is 6.54 Å². The molecule has 0 spiro atoms. The minimum atomic E-state index is 0.230. The normalized spacial score (nSPS) is 12.5. The van der Waals surface area contributed by atoms with Crippen molar-refractivity contribution < 1.29 is 0 Å². The lowest BCUT2D eigenvalue weighted by Gasteiger charge is -2.19. The van der Waals surface area contributed by atoms with Crippen LogP contribution in [0.5, 0.6) is 0 Å². The number of thiophene rings is 1. The Balaban J connectivity index is 2.23. The molecule has 84 valence electrons. The summed E-state index contributed by atoms with van der Waals surface area (Å²) in [6.07, 6.45) is 5.54.